The smallest absolute Gasteiger partial charge is 0.303 e. The largest absolute Gasteiger partial charge is 0.481 e. The van der Waals surface area contributed by atoms with Crippen molar-refractivity contribution in [3.8, 4) is 0 Å². The Balaban J connectivity index is 2.38. The summed E-state index contributed by atoms with van der Waals surface area (Å²) < 4.78 is 0. The maximum absolute atomic E-state index is 10.8. The van der Waals surface area contributed by atoms with Gasteiger partial charge in [0.15, 0.2) is 0 Å². The van der Waals surface area contributed by atoms with Crippen molar-refractivity contribution in [1.29, 1.82) is 0 Å². The third-order valence-corrected chi connectivity index (χ3v) is 3.31. The number of hydrogen-bond acceptors (Lipinski definition) is 1. The van der Waals surface area contributed by atoms with Crippen molar-refractivity contribution in [3.63, 3.8) is 0 Å². The monoisotopic (exact) mass is 204 g/mol. The van der Waals surface area contributed by atoms with Gasteiger partial charge in [-0.25, -0.2) is 0 Å². The lowest BCUT2D eigenvalue weighted by atomic mass is 9.86. The maximum atomic E-state index is 10.8. The highest BCUT2D eigenvalue weighted by Crippen LogP contribution is 2.46. The van der Waals surface area contributed by atoms with Gasteiger partial charge in [0.1, 0.15) is 0 Å². The number of benzene rings is 1. The second-order valence-corrected chi connectivity index (χ2v) is 4.97. The lowest BCUT2D eigenvalue weighted by molar-refractivity contribution is -0.137. The van der Waals surface area contributed by atoms with E-state index in [1.165, 1.54) is 11.1 Å². The molecule has 2 nitrogen and oxygen atoms in total. The van der Waals surface area contributed by atoms with Gasteiger partial charge in [-0.1, -0.05) is 38.1 Å². The molecule has 0 saturated carbocycles. The van der Waals surface area contributed by atoms with Crippen LogP contribution in [-0.4, -0.2) is 11.1 Å². The van der Waals surface area contributed by atoms with Crippen molar-refractivity contribution in [2.75, 3.05) is 0 Å². The van der Waals surface area contributed by atoms with Crippen molar-refractivity contribution >= 4 is 5.97 Å². The van der Waals surface area contributed by atoms with Crippen LogP contribution in [0.1, 0.15) is 43.7 Å². The van der Waals surface area contributed by atoms with E-state index in [4.69, 9.17) is 5.11 Å². The summed E-state index contributed by atoms with van der Waals surface area (Å²) in [6, 6.07) is 8.22. The van der Waals surface area contributed by atoms with Gasteiger partial charge >= 0.3 is 5.97 Å². The molecule has 0 radical (unpaired) electrons. The number of carbonyl (C=O) groups is 1. The molecule has 2 heteroatoms. The molecular formula is C13H16O2. The summed E-state index contributed by atoms with van der Waals surface area (Å²) in [7, 11) is 0. The third-order valence-electron chi connectivity index (χ3n) is 3.31. The van der Waals surface area contributed by atoms with Crippen LogP contribution in [0.2, 0.25) is 0 Å². The molecule has 1 atom stereocenters. The molecule has 1 N–H and O–H groups in total. The highest BCUT2D eigenvalue weighted by atomic mass is 16.4. The van der Waals surface area contributed by atoms with Gasteiger partial charge in [0.2, 0.25) is 0 Å². The van der Waals surface area contributed by atoms with Gasteiger partial charge in [0.05, 0.1) is 6.42 Å². The number of fused-ring (bicyclic) bond motifs is 1. The highest BCUT2D eigenvalue weighted by molar-refractivity contribution is 5.68. The second kappa shape index (κ2) is 3.37. The summed E-state index contributed by atoms with van der Waals surface area (Å²) in [4.78, 5) is 10.8. The van der Waals surface area contributed by atoms with Gasteiger partial charge in [0.25, 0.3) is 0 Å². The number of carboxylic acids is 1. The summed E-state index contributed by atoms with van der Waals surface area (Å²) in [5.41, 5.74) is 2.66. The van der Waals surface area contributed by atoms with Gasteiger partial charge in [-0.05, 0) is 28.9 Å². The Bertz CT molecular complexity index is 393. The highest BCUT2D eigenvalue weighted by Gasteiger charge is 2.37. The summed E-state index contributed by atoms with van der Waals surface area (Å²) in [6.45, 7) is 4.38. The van der Waals surface area contributed by atoms with E-state index in [9.17, 15) is 4.79 Å². The molecule has 1 aromatic rings. The average Bonchev–Trinajstić information content (AvgIpc) is 2.39. The molecule has 0 heterocycles. The SMILES string of the molecule is CC1(C)CC(CC(=O)O)c2ccccc21. The molecule has 0 fully saturated rings. The summed E-state index contributed by atoms with van der Waals surface area (Å²) in [6.07, 6.45) is 1.19. The Kier molecular flexibility index (Phi) is 2.29. The van der Waals surface area contributed by atoms with Gasteiger partial charge < -0.3 is 5.11 Å². The number of carboxylic acid groups (broad SMARTS) is 1. The van der Waals surface area contributed by atoms with Crippen LogP contribution in [0.4, 0.5) is 0 Å². The first-order chi connectivity index (χ1) is 7.00. The molecule has 1 unspecified atom stereocenters. The zero-order valence-electron chi connectivity index (χ0n) is 9.16. The molecule has 15 heavy (non-hydrogen) atoms. The minimum atomic E-state index is -0.701. The molecule has 1 aromatic carbocycles. The molecule has 0 spiro atoms. The Morgan fingerprint density at radius 3 is 2.80 bits per heavy atom. The molecule has 0 amide bonds. The molecule has 0 aromatic heterocycles. The van der Waals surface area contributed by atoms with Crippen LogP contribution in [0.3, 0.4) is 0 Å². The Morgan fingerprint density at radius 2 is 2.13 bits per heavy atom. The van der Waals surface area contributed by atoms with Gasteiger partial charge in [-0.15, -0.1) is 0 Å². The van der Waals surface area contributed by atoms with E-state index >= 15 is 0 Å². The quantitative estimate of drug-likeness (QED) is 0.804. The van der Waals surface area contributed by atoms with Crippen molar-refractivity contribution in [2.45, 2.75) is 38.0 Å². The van der Waals surface area contributed by atoms with Crippen LogP contribution in [-0.2, 0) is 10.2 Å². The van der Waals surface area contributed by atoms with Gasteiger partial charge in [0, 0.05) is 0 Å². The molecule has 2 rings (SSSR count). The molecule has 0 aliphatic heterocycles. The number of aliphatic carboxylic acids is 1. The van der Waals surface area contributed by atoms with Crippen LogP contribution in [0.15, 0.2) is 24.3 Å². The van der Waals surface area contributed by atoms with Crippen LogP contribution < -0.4 is 0 Å². The fourth-order valence-electron chi connectivity index (χ4n) is 2.70. The molecule has 0 bridgehead atoms. The lowest BCUT2D eigenvalue weighted by Gasteiger charge is -2.18. The first-order valence-corrected chi connectivity index (χ1v) is 5.32. The zero-order valence-corrected chi connectivity index (χ0v) is 9.16. The lowest BCUT2D eigenvalue weighted by Crippen LogP contribution is -2.12. The fourth-order valence-corrected chi connectivity index (χ4v) is 2.70. The first-order valence-electron chi connectivity index (χ1n) is 5.32. The van der Waals surface area contributed by atoms with Crippen LogP contribution in [0.25, 0.3) is 0 Å². The summed E-state index contributed by atoms with van der Waals surface area (Å²) in [5, 5.41) is 8.87. The standard InChI is InChI=1S/C13H16O2/c1-13(2)8-9(7-12(14)15)10-5-3-4-6-11(10)13/h3-6,9H,7-8H2,1-2H3,(H,14,15). The normalized spacial score (nSPS) is 22.4. The molecule has 1 aliphatic carbocycles. The third kappa shape index (κ3) is 1.76. The van der Waals surface area contributed by atoms with Crippen molar-refractivity contribution in [2.24, 2.45) is 0 Å². The van der Waals surface area contributed by atoms with Crippen LogP contribution >= 0.6 is 0 Å². The van der Waals surface area contributed by atoms with E-state index < -0.39 is 5.97 Å². The maximum Gasteiger partial charge on any atom is 0.303 e. The number of rotatable bonds is 2. The Morgan fingerprint density at radius 1 is 1.47 bits per heavy atom. The van der Waals surface area contributed by atoms with E-state index in [1.807, 2.05) is 12.1 Å². The molecular weight excluding hydrogens is 188 g/mol. The van der Waals surface area contributed by atoms with Gasteiger partial charge in [-0.2, -0.15) is 0 Å². The second-order valence-electron chi connectivity index (χ2n) is 4.97. The van der Waals surface area contributed by atoms with Crippen molar-refractivity contribution in [1.82, 2.24) is 0 Å². The minimum Gasteiger partial charge on any atom is -0.481 e. The van der Waals surface area contributed by atoms with E-state index in [0.29, 0.717) is 0 Å². The predicted octanol–water partition coefficient (Wildman–Crippen LogP) is 2.93. The van der Waals surface area contributed by atoms with E-state index in [2.05, 4.69) is 26.0 Å². The minimum absolute atomic E-state index is 0.122. The molecule has 1 aliphatic rings. The predicted molar refractivity (Wildman–Crippen MR) is 59.1 cm³/mol. The van der Waals surface area contributed by atoms with E-state index in [0.717, 1.165) is 6.42 Å². The van der Waals surface area contributed by atoms with Crippen LogP contribution in [0, 0.1) is 0 Å². The van der Waals surface area contributed by atoms with Gasteiger partial charge in [-0.3, -0.25) is 4.79 Å². The Labute approximate surface area is 89.9 Å². The first kappa shape index (κ1) is 10.2. The van der Waals surface area contributed by atoms with Crippen LogP contribution in [0.5, 0.6) is 0 Å². The number of hydrogen-bond donors (Lipinski definition) is 1. The van der Waals surface area contributed by atoms with Crippen molar-refractivity contribution in [3.05, 3.63) is 35.4 Å². The van der Waals surface area contributed by atoms with E-state index in [-0.39, 0.29) is 17.8 Å². The summed E-state index contributed by atoms with van der Waals surface area (Å²) in [5.74, 6) is -0.513. The van der Waals surface area contributed by atoms with Crippen molar-refractivity contribution < 1.29 is 9.90 Å². The topological polar surface area (TPSA) is 37.3 Å². The Hall–Kier alpha value is -1.31. The average molecular weight is 204 g/mol. The summed E-state index contributed by atoms with van der Waals surface area (Å²) >= 11 is 0. The fraction of sp³-hybridized carbons (Fsp3) is 0.462. The molecule has 0 saturated heterocycles. The molecule has 80 valence electrons. The van der Waals surface area contributed by atoms with E-state index in [1.54, 1.807) is 0 Å². The zero-order chi connectivity index (χ0) is 11.1.